The Hall–Kier alpha value is -0.840. The first kappa shape index (κ1) is 27.2. The van der Waals surface area contributed by atoms with Crippen molar-refractivity contribution in [2.24, 2.45) is 46.3 Å². The first-order valence-electron chi connectivity index (χ1n) is 14.3. The molecule has 10 atom stereocenters. The van der Waals surface area contributed by atoms with Gasteiger partial charge in [-0.2, -0.15) is 0 Å². The molecule has 4 aliphatic carbocycles. The zero-order valence-corrected chi connectivity index (χ0v) is 23.6. The number of carbonyl (C=O) groups excluding carboxylic acids is 1. The fourth-order valence-corrected chi connectivity index (χ4v) is 10.4. The number of fused-ring (bicyclic) bond motifs is 5. The van der Waals surface area contributed by atoms with E-state index in [1.54, 1.807) is 0 Å². The molecule has 0 aliphatic heterocycles. The van der Waals surface area contributed by atoms with Crippen molar-refractivity contribution >= 4 is 17.6 Å². The van der Waals surface area contributed by atoms with E-state index in [0.717, 1.165) is 37.0 Å². The Balaban J connectivity index is 1.58. The molecule has 200 valence electrons. The molecule has 0 aromatic carbocycles. The third kappa shape index (κ3) is 4.55. The Morgan fingerprint density at radius 2 is 1.80 bits per heavy atom. The minimum Gasteiger partial charge on any atom is -0.462 e. The second-order valence-electron chi connectivity index (χ2n) is 13.7. The van der Waals surface area contributed by atoms with Gasteiger partial charge < -0.3 is 4.74 Å². The third-order valence-corrected chi connectivity index (χ3v) is 12.4. The molecule has 0 unspecified atom stereocenters. The van der Waals surface area contributed by atoms with Crippen molar-refractivity contribution in [3.05, 3.63) is 10.1 Å². The summed E-state index contributed by atoms with van der Waals surface area (Å²) in [5, 5.41) is 12.5. The van der Waals surface area contributed by atoms with Gasteiger partial charge in [0.05, 0.1) is 0 Å². The Kier molecular flexibility index (Phi) is 7.62. The molecule has 0 bridgehead atoms. The highest BCUT2D eigenvalue weighted by Gasteiger charge is 2.71. The predicted octanol–water partition coefficient (Wildman–Crippen LogP) is 7.66. The fraction of sp³-hybridized carbons (Fsp3) is 0.966. The zero-order valence-electron chi connectivity index (χ0n) is 22.9. The quantitative estimate of drug-likeness (QED) is 0.153. The number of hydrogen-bond acceptors (Lipinski definition) is 4. The van der Waals surface area contributed by atoms with E-state index in [-0.39, 0.29) is 27.8 Å². The maximum Gasteiger partial charge on any atom is 0.302 e. The predicted molar refractivity (Wildman–Crippen MR) is 140 cm³/mol. The molecule has 0 heterocycles. The second-order valence-corrected chi connectivity index (χ2v) is 14.4. The fourth-order valence-electron chi connectivity index (χ4n) is 9.81. The summed E-state index contributed by atoms with van der Waals surface area (Å²) in [6, 6.07) is -0.779. The molecule has 4 aliphatic rings. The van der Waals surface area contributed by atoms with Crippen molar-refractivity contribution in [3.8, 4) is 0 Å². The number of esters is 1. The molecule has 0 aromatic rings. The van der Waals surface area contributed by atoms with Gasteiger partial charge in [-0.1, -0.05) is 53.9 Å². The highest BCUT2D eigenvalue weighted by Crippen LogP contribution is 2.70. The van der Waals surface area contributed by atoms with Crippen molar-refractivity contribution < 1.29 is 14.5 Å². The van der Waals surface area contributed by atoms with Crippen LogP contribution in [0.2, 0.25) is 0 Å². The number of halogens is 1. The van der Waals surface area contributed by atoms with Crippen molar-refractivity contribution in [1.29, 1.82) is 0 Å². The van der Waals surface area contributed by atoms with Crippen LogP contribution in [0.4, 0.5) is 0 Å². The summed E-state index contributed by atoms with van der Waals surface area (Å²) in [4.78, 5) is 23.1. The summed E-state index contributed by atoms with van der Waals surface area (Å²) >= 11 is 7.38. The van der Waals surface area contributed by atoms with Crippen molar-refractivity contribution in [3.63, 3.8) is 0 Å². The molecular formula is C29H48ClNO4. The van der Waals surface area contributed by atoms with Gasteiger partial charge in [0.25, 0.3) is 0 Å². The molecule has 0 aromatic heterocycles. The molecule has 4 fully saturated rings. The van der Waals surface area contributed by atoms with Crippen LogP contribution in [0.3, 0.4) is 0 Å². The molecule has 0 amide bonds. The van der Waals surface area contributed by atoms with Gasteiger partial charge >= 0.3 is 5.97 Å². The smallest absolute Gasteiger partial charge is 0.302 e. The van der Waals surface area contributed by atoms with E-state index in [9.17, 15) is 14.9 Å². The number of hydrogen-bond donors (Lipinski definition) is 0. The van der Waals surface area contributed by atoms with Crippen molar-refractivity contribution in [2.75, 3.05) is 0 Å². The first-order valence-corrected chi connectivity index (χ1v) is 14.7. The average molecular weight is 510 g/mol. The van der Waals surface area contributed by atoms with Crippen LogP contribution >= 0.6 is 11.6 Å². The molecular weight excluding hydrogens is 462 g/mol. The van der Waals surface area contributed by atoms with Gasteiger partial charge in [0.15, 0.2) is 0 Å². The summed E-state index contributed by atoms with van der Waals surface area (Å²) in [6.45, 7) is 13.3. The maximum absolute atomic E-state index is 12.5. The van der Waals surface area contributed by atoms with E-state index >= 15 is 0 Å². The average Bonchev–Trinajstić information content (AvgIpc) is 3.10. The van der Waals surface area contributed by atoms with E-state index in [1.807, 2.05) is 0 Å². The summed E-state index contributed by atoms with van der Waals surface area (Å²) in [5.74, 6) is 3.24. The minimum atomic E-state index is -0.952. The normalized spacial score (nSPS) is 45.8. The highest BCUT2D eigenvalue weighted by molar-refractivity contribution is 6.25. The summed E-state index contributed by atoms with van der Waals surface area (Å²) in [6.07, 6.45) is 11.0. The van der Waals surface area contributed by atoms with Crippen LogP contribution in [0.15, 0.2) is 0 Å². The van der Waals surface area contributed by atoms with Gasteiger partial charge in [-0.25, -0.2) is 0 Å². The molecule has 35 heavy (non-hydrogen) atoms. The number of rotatable bonds is 7. The van der Waals surface area contributed by atoms with Crippen LogP contribution in [0.5, 0.6) is 0 Å². The van der Waals surface area contributed by atoms with Gasteiger partial charge in [-0.05, 0) is 84.9 Å². The van der Waals surface area contributed by atoms with Crippen LogP contribution in [0.1, 0.15) is 112 Å². The van der Waals surface area contributed by atoms with E-state index in [0.29, 0.717) is 30.6 Å². The van der Waals surface area contributed by atoms with Gasteiger partial charge in [-0.3, -0.25) is 14.9 Å². The molecule has 0 spiro atoms. The Bertz CT molecular complexity index is 819. The highest BCUT2D eigenvalue weighted by atomic mass is 35.5. The standard InChI is InChI=1S/C29H48ClNO4/c1-18(2)8-7-9-19(3)23-10-11-24-22-16-26(31(33)34)29(30)17-21(35-20(4)32)12-15-28(29,6)25(22)13-14-27(23,24)5/h18-19,21-26H,7-17H2,1-6H3/t19-,21-,22+,23-,24+,25+,26+,27-,28-,29+/m1/s1. The molecule has 6 heteroatoms. The number of alkyl halides is 1. The SMILES string of the molecule is CC(=O)O[C@@H]1CC[C@]2(C)[C@H]3CC[C@]4(C)[C@@H]([C@H](C)CCCC(C)C)CC[C@H]4[C@@H]3C[C@H]([N+](=O)[O-])[C@@]2(Cl)C1. The molecule has 4 rings (SSSR count). The second kappa shape index (κ2) is 9.80. The lowest BCUT2D eigenvalue weighted by molar-refractivity contribution is -0.543. The van der Waals surface area contributed by atoms with Gasteiger partial charge in [-0.15, -0.1) is 11.6 Å². The molecule has 4 saturated carbocycles. The monoisotopic (exact) mass is 509 g/mol. The van der Waals surface area contributed by atoms with Crippen molar-refractivity contribution in [2.45, 2.75) is 129 Å². The number of nitro groups is 1. The summed E-state index contributed by atoms with van der Waals surface area (Å²) in [7, 11) is 0. The van der Waals surface area contributed by atoms with Gasteiger partial charge in [0, 0.05) is 24.7 Å². The van der Waals surface area contributed by atoms with Gasteiger partial charge in [0.2, 0.25) is 6.04 Å². The molecule has 0 saturated heterocycles. The number of nitrogens with zero attached hydrogens (tertiary/aromatic N) is 1. The van der Waals surface area contributed by atoms with Crippen molar-refractivity contribution in [1.82, 2.24) is 0 Å². The summed E-state index contributed by atoms with van der Waals surface area (Å²) in [5.41, 5.74) is -0.00860. The molecule has 0 N–H and O–H groups in total. The Morgan fingerprint density at radius 3 is 2.43 bits per heavy atom. The largest absolute Gasteiger partial charge is 0.462 e. The summed E-state index contributed by atoms with van der Waals surface area (Å²) < 4.78 is 5.54. The lowest BCUT2D eigenvalue weighted by Gasteiger charge is -2.64. The Labute approximate surface area is 217 Å². The van der Waals surface area contributed by atoms with E-state index in [2.05, 4.69) is 34.6 Å². The lowest BCUT2D eigenvalue weighted by atomic mass is 9.43. The van der Waals surface area contributed by atoms with Crippen LogP contribution < -0.4 is 0 Å². The van der Waals surface area contributed by atoms with E-state index < -0.39 is 10.9 Å². The van der Waals surface area contributed by atoms with Crippen LogP contribution in [0.25, 0.3) is 0 Å². The molecule has 0 radical (unpaired) electrons. The lowest BCUT2D eigenvalue weighted by Crippen LogP contribution is -2.67. The first-order chi connectivity index (χ1) is 16.3. The number of carbonyl (C=O) groups is 1. The van der Waals surface area contributed by atoms with Crippen LogP contribution in [-0.4, -0.2) is 27.9 Å². The Morgan fingerprint density at radius 1 is 1.09 bits per heavy atom. The maximum atomic E-state index is 12.5. The van der Waals surface area contributed by atoms with Crippen LogP contribution in [-0.2, 0) is 9.53 Å². The van der Waals surface area contributed by atoms with E-state index in [4.69, 9.17) is 16.3 Å². The topological polar surface area (TPSA) is 69.4 Å². The zero-order chi connectivity index (χ0) is 25.8. The third-order valence-electron chi connectivity index (χ3n) is 11.5. The van der Waals surface area contributed by atoms with Crippen LogP contribution in [0, 0.1) is 56.5 Å². The van der Waals surface area contributed by atoms with Gasteiger partial charge in [0.1, 0.15) is 11.0 Å². The number of ether oxygens (including phenoxy) is 1. The minimum absolute atomic E-state index is 0.0927. The van der Waals surface area contributed by atoms with E-state index in [1.165, 1.54) is 45.4 Å². The molecule has 5 nitrogen and oxygen atoms in total.